The molecule has 11 heteroatoms. The van der Waals surface area contributed by atoms with Crippen molar-refractivity contribution in [3.63, 3.8) is 0 Å². The second-order valence-corrected chi connectivity index (χ2v) is 9.11. The van der Waals surface area contributed by atoms with Crippen molar-refractivity contribution in [1.82, 2.24) is 30.0 Å². The fraction of sp³-hybridized carbons (Fsp3) is 0.148. The van der Waals surface area contributed by atoms with Gasteiger partial charge >= 0.3 is 0 Å². The summed E-state index contributed by atoms with van der Waals surface area (Å²) in [5.74, 6) is -1.28. The molecule has 2 aromatic heterocycles. The Labute approximate surface area is 227 Å². The van der Waals surface area contributed by atoms with Crippen LogP contribution in [0, 0.1) is 12.7 Å². The van der Waals surface area contributed by atoms with Gasteiger partial charge in [-0.1, -0.05) is 48.0 Å². The van der Waals surface area contributed by atoms with Gasteiger partial charge in [-0.3, -0.25) is 9.59 Å². The maximum Gasteiger partial charge on any atom is 0.270 e. The second-order valence-electron chi connectivity index (χ2n) is 8.29. The molecule has 1 amide bonds. The molecule has 0 aliphatic heterocycles. The maximum absolute atomic E-state index is 14.1. The van der Waals surface area contributed by atoms with Crippen LogP contribution in [0.15, 0.2) is 60.2 Å². The van der Waals surface area contributed by atoms with E-state index >= 15 is 0 Å². The third-order valence-corrected chi connectivity index (χ3v) is 6.30. The lowest BCUT2D eigenvalue weighted by atomic mass is 9.95. The van der Waals surface area contributed by atoms with Crippen molar-refractivity contribution in [3.05, 3.63) is 116 Å². The van der Waals surface area contributed by atoms with E-state index in [9.17, 15) is 14.0 Å². The minimum atomic E-state index is -0.781. The van der Waals surface area contributed by atoms with Gasteiger partial charge in [0.25, 0.3) is 11.5 Å². The van der Waals surface area contributed by atoms with Gasteiger partial charge in [0, 0.05) is 12.5 Å². The second kappa shape index (κ2) is 11.5. The number of hydrogen-bond acceptors (Lipinski definition) is 5. The maximum atomic E-state index is 14.1. The molecule has 8 nitrogen and oxygen atoms in total. The lowest BCUT2D eigenvalue weighted by Gasteiger charge is -2.19. The highest BCUT2D eigenvalue weighted by Gasteiger charge is 2.24. The third kappa shape index (κ3) is 5.74. The molecule has 1 atom stereocenters. The van der Waals surface area contributed by atoms with Crippen molar-refractivity contribution < 1.29 is 9.18 Å². The van der Waals surface area contributed by atoms with Crippen LogP contribution < -0.4 is 10.9 Å². The van der Waals surface area contributed by atoms with E-state index in [1.54, 1.807) is 37.3 Å². The summed E-state index contributed by atoms with van der Waals surface area (Å²) in [7, 11) is 0. The number of hydrogen-bond donors (Lipinski definition) is 2. The molecule has 0 fully saturated rings. The molecule has 2 heterocycles. The van der Waals surface area contributed by atoms with Crippen molar-refractivity contribution in [1.29, 1.82) is 0 Å². The van der Waals surface area contributed by atoms with Crippen LogP contribution in [0.5, 0.6) is 0 Å². The number of benzene rings is 2. The Hall–Kier alpha value is -4.08. The van der Waals surface area contributed by atoms with E-state index in [1.165, 1.54) is 35.3 Å². The highest BCUT2D eigenvalue weighted by atomic mass is 35.5. The van der Waals surface area contributed by atoms with Crippen molar-refractivity contribution in [2.75, 3.05) is 6.54 Å². The first kappa shape index (κ1) is 27.0. The van der Waals surface area contributed by atoms with E-state index in [2.05, 4.69) is 31.9 Å². The van der Waals surface area contributed by atoms with Gasteiger partial charge in [-0.05, 0) is 55.8 Å². The molecule has 2 aromatic carbocycles. The van der Waals surface area contributed by atoms with E-state index in [-0.39, 0.29) is 27.8 Å². The average Bonchev–Trinajstić information content (AvgIpc) is 3.31. The number of H-pyrrole nitrogens is 1. The Morgan fingerprint density at radius 1 is 1.26 bits per heavy atom. The summed E-state index contributed by atoms with van der Waals surface area (Å²) in [5.41, 5.74) is 1.57. The van der Waals surface area contributed by atoms with Gasteiger partial charge in [-0.2, -0.15) is 5.10 Å². The van der Waals surface area contributed by atoms with Crippen LogP contribution in [0.1, 0.15) is 51.7 Å². The molecule has 0 saturated heterocycles. The molecule has 0 saturated carbocycles. The van der Waals surface area contributed by atoms with Crippen LogP contribution in [-0.2, 0) is 0 Å². The van der Waals surface area contributed by atoms with E-state index < -0.39 is 23.2 Å². The fourth-order valence-corrected chi connectivity index (χ4v) is 4.57. The van der Waals surface area contributed by atoms with Gasteiger partial charge in [0.2, 0.25) is 0 Å². The molecular weight excluding hydrogens is 530 g/mol. The summed E-state index contributed by atoms with van der Waals surface area (Å²) in [5, 5.41) is 7.19. The third-order valence-electron chi connectivity index (χ3n) is 5.70. The van der Waals surface area contributed by atoms with Crippen molar-refractivity contribution >= 4 is 41.3 Å². The van der Waals surface area contributed by atoms with Gasteiger partial charge in [0.05, 0.1) is 32.7 Å². The number of amides is 1. The minimum absolute atomic E-state index is 0.0467. The number of carbonyl (C=O) groups excluding carboxylic acids is 1. The summed E-state index contributed by atoms with van der Waals surface area (Å²) >= 11 is 12.9. The summed E-state index contributed by atoms with van der Waals surface area (Å²) in [4.78, 5) is 37.6. The summed E-state index contributed by atoms with van der Waals surface area (Å²) < 4.78 is 15.6. The molecule has 1 unspecified atom stereocenters. The van der Waals surface area contributed by atoms with E-state index in [0.29, 0.717) is 28.5 Å². The van der Waals surface area contributed by atoms with Gasteiger partial charge in [0.15, 0.2) is 0 Å². The molecule has 2 N–H and O–H groups in total. The molecule has 194 valence electrons. The number of aromatic nitrogens is 5. The van der Waals surface area contributed by atoms with Crippen LogP contribution in [0.25, 0.3) is 17.8 Å². The van der Waals surface area contributed by atoms with Crippen molar-refractivity contribution in [3.8, 4) is 5.69 Å². The number of nitrogens with one attached hydrogen (secondary N) is 2. The summed E-state index contributed by atoms with van der Waals surface area (Å²) in [6.45, 7) is 7.18. The first-order valence-corrected chi connectivity index (χ1v) is 12.3. The molecule has 0 aliphatic rings. The Bertz CT molecular complexity index is 1590. The quantitative estimate of drug-likeness (QED) is 0.306. The van der Waals surface area contributed by atoms with Crippen LogP contribution in [0.2, 0.25) is 10.0 Å². The first-order chi connectivity index (χ1) is 18.2. The van der Waals surface area contributed by atoms with Crippen LogP contribution >= 0.6 is 23.2 Å². The number of nitrogens with zero attached hydrogens (tertiary/aromatic N) is 4. The van der Waals surface area contributed by atoms with Crippen LogP contribution in [0.4, 0.5) is 4.39 Å². The zero-order valence-electron chi connectivity index (χ0n) is 20.5. The van der Waals surface area contributed by atoms with E-state index in [0.717, 1.165) is 0 Å². The van der Waals surface area contributed by atoms with E-state index in [1.807, 2.05) is 6.92 Å². The first-order valence-electron chi connectivity index (χ1n) is 11.5. The Balaban J connectivity index is 1.69. The molecule has 4 rings (SSSR count). The highest BCUT2D eigenvalue weighted by Crippen LogP contribution is 2.29. The summed E-state index contributed by atoms with van der Waals surface area (Å²) in [6, 6.07) is 8.86. The molecule has 38 heavy (non-hydrogen) atoms. The zero-order valence-corrected chi connectivity index (χ0v) is 22.0. The Morgan fingerprint density at radius 2 is 2.00 bits per heavy atom. The predicted octanol–water partition coefficient (Wildman–Crippen LogP) is 5.34. The van der Waals surface area contributed by atoms with Gasteiger partial charge in [-0.25, -0.2) is 19.0 Å². The Morgan fingerprint density at radius 3 is 2.61 bits per heavy atom. The lowest BCUT2D eigenvalue weighted by molar-refractivity contribution is 0.0952. The number of halogens is 3. The number of carbonyl (C=O) groups is 1. The SMILES string of the molecule is C=Cc1[nH]c(=O)c(C(CNC(=O)c2c(Cl)cc(-n3cnc(C)n3)cc2Cl)c2cccc(F)c2)nc1/C=C\C. The molecule has 4 aromatic rings. The summed E-state index contributed by atoms with van der Waals surface area (Å²) in [6.07, 6.45) is 6.48. The lowest BCUT2D eigenvalue weighted by Crippen LogP contribution is -2.33. The topological polar surface area (TPSA) is 106 Å². The van der Waals surface area contributed by atoms with Gasteiger partial charge in [0.1, 0.15) is 23.7 Å². The number of rotatable bonds is 8. The average molecular weight is 553 g/mol. The number of allylic oxidation sites excluding steroid dienone is 1. The highest BCUT2D eigenvalue weighted by molar-refractivity contribution is 6.40. The fourth-order valence-electron chi connectivity index (χ4n) is 3.93. The largest absolute Gasteiger partial charge is 0.351 e. The minimum Gasteiger partial charge on any atom is -0.351 e. The zero-order chi connectivity index (χ0) is 27.4. The van der Waals surface area contributed by atoms with Gasteiger partial charge in [-0.15, -0.1) is 0 Å². The van der Waals surface area contributed by atoms with Crippen molar-refractivity contribution in [2.24, 2.45) is 0 Å². The van der Waals surface area contributed by atoms with Crippen LogP contribution in [-0.4, -0.2) is 37.2 Å². The number of aromatic amines is 1. The van der Waals surface area contributed by atoms with Crippen LogP contribution in [0.3, 0.4) is 0 Å². The predicted molar refractivity (Wildman–Crippen MR) is 146 cm³/mol. The molecule has 0 bridgehead atoms. The molecule has 0 spiro atoms. The Kier molecular flexibility index (Phi) is 8.19. The van der Waals surface area contributed by atoms with E-state index in [4.69, 9.17) is 23.2 Å². The standard InChI is InChI=1S/C27H23Cl2FN6O2/c1-4-7-23-22(5-2)34-27(38)25(33-23)19(16-8-6-9-17(30)10-16)13-31-26(37)24-20(28)11-18(12-21(24)29)36-14-32-15(3)35-36/h4-12,14,19H,2,13H2,1,3H3,(H,31,37)(H,34,38)/b7-4-. The number of aryl methyl sites for hydroxylation is 1. The molecule has 0 aliphatic carbocycles. The van der Waals surface area contributed by atoms with Gasteiger partial charge < -0.3 is 10.3 Å². The monoisotopic (exact) mass is 552 g/mol. The van der Waals surface area contributed by atoms with Crippen molar-refractivity contribution in [2.45, 2.75) is 19.8 Å². The molecular formula is C27H23Cl2FN6O2. The normalized spacial score (nSPS) is 12.0. The smallest absolute Gasteiger partial charge is 0.270 e. The molecule has 0 radical (unpaired) electrons.